The second-order valence-corrected chi connectivity index (χ2v) is 4.54. The van der Waals surface area contributed by atoms with Crippen molar-refractivity contribution < 1.29 is 4.79 Å². The molecule has 0 spiro atoms. The minimum absolute atomic E-state index is 0.0157. The lowest BCUT2D eigenvalue weighted by molar-refractivity contribution is -0.119. The third kappa shape index (κ3) is 2.26. The quantitative estimate of drug-likeness (QED) is 0.779. The maximum atomic E-state index is 12.3. The Bertz CT molecular complexity index is 594. The summed E-state index contributed by atoms with van der Waals surface area (Å²) in [6, 6.07) is 5.66. The summed E-state index contributed by atoms with van der Waals surface area (Å²) in [4.78, 5) is 14.1. The zero-order chi connectivity index (χ0) is 13.2. The van der Waals surface area contributed by atoms with Gasteiger partial charge < -0.3 is 10.6 Å². The van der Waals surface area contributed by atoms with Gasteiger partial charge >= 0.3 is 0 Å². The molecule has 1 aliphatic rings. The molecule has 0 aliphatic carbocycles. The number of fused-ring (bicyclic) bond motifs is 1. The van der Waals surface area contributed by atoms with E-state index in [1.807, 2.05) is 18.2 Å². The van der Waals surface area contributed by atoms with Crippen LogP contribution in [0.3, 0.4) is 0 Å². The smallest absolute Gasteiger partial charge is 0.248 e. The van der Waals surface area contributed by atoms with E-state index in [4.69, 9.17) is 5.73 Å². The Balaban J connectivity index is 1.85. The van der Waals surface area contributed by atoms with Gasteiger partial charge in [0.15, 0.2) is 0 Å². The monoisotopic (exact) mass is 258 g/mol. The molecule has 3 rings (SSSR count). The van der Waals surface area contributed by atoms with Crippen molar-refractivity contribution in [3.63, 3.8) is 0 Å². The predicted octanol–water partition coefficient (Wildman–Crippen LogP) is 0.235. The molecule has 2 N–H and O–H groups in total. The van der Waals surface area contributed by atoms with Gasteiger partial charge in [0.05, 0.1) is 0 Å². The van der Waals surface area contributed by atoms with Crippen LogP contribution in [0.25, 0.3) is 0 Å². The summed E-state index contributed by atoms with van der Waals surface area (Å²) in [6.45, 7) is 0.870. The van der Waals surface area contributed by atoms with E-state index in [9.17, 15) is 4.79 Å². The van der Waals surface area contributed by atoms with Crippen molar-refractivity contribution in [1.29, 1.82) is 0 Å². The van der Waals surface area contributed by atoms with Crippen LogP contribution in [-0.4, -0.2) is 32.7 Å². The van der Waals surface area contributed by atoms with Gasteiger partial charge in [-0.1, -0.05) is 0 Å². The van der Waals surface area contributed by atoms with Crippen molar-refractivity contribution >= 4 is 17.3 Å². The van der Waals surface area contributed by atoms with Gasteiger partial charge in [0.25, 0.3) is 0 Å². The van der Waals surface area contributed by atoms with Crippen LogP contribution in [0.1, 0.15) is 12.0 Å². The second-order valence-electron chi connectivity index (χ2n) is 4.54. The molecule has 7 heteroatoms. The van der Waals surface area contributed by atoms with Gasteiger partial charge in [0, 0.05) is 17.9 Å². The lowest BCUT2D eigenvalue weighted by Crippen LogP contribution is -2.37. The Morgan fingerprint density at radius 2 is 2.32 bits per heavy atom. The van der Waals surface area contributed by atoms with Crippen LogP contribution in [-0.2, 0) is 17.8 Å². The molecule has 0 bridgehead atoms. The van der Waals surface area contributed by atoms with Gasteiger partial charge in [0.2, 0.25) is 5.91 Å². The van der Waals surface area contributed by atoms with Crippen LogP contribution in [0, 0.1) is 0 Å². The fraction of sp³-hybridized carbons (Fsp3) is 0.333. The maximum Gasteiger partial charge on any atom is 0.248 e. The first-order chi connectivity index (χ1) is 9.24. The van der Waals surface area contributed by atoms with Crippen molar-refractivity contribution in [2.24, 2.45) is 0 Å². The average Bonchev–Trinajstić information content (AvgIpc) is 2.90. The lowest BCUT2D eigenvalue weighted by atomic mass is 10.0. The van der Waals surface area contributed by atoms with E-state index >= 15 is 0 Å². The van der Waals surface area contributed by atoms with Gasteiger partial charge in [-0.15, -0.1) is 5.10 Å². The van der Waals surface area contributed by atoms with E-state index in [1.54, 1.807) is 4.90 Å². The van der Waals surface area contributed by atoms with E-state index in [2.05, 4.69) is 15.5 Å². The number of anilines is 2. The zero-order valence-electron chi connectivity index (χ0n) is 10.4. The number of nitrogen functional groups attached to an aromatic ring is 1. The van der Waals surface area contributed by atoms with E-state index in [1.165, 1.54) is 11.0 Å². The molecule has 0 atom stereocenters. The number of carbonyl (C=O) groups excluding carboxylic acids is 1. The summed E-state index contributed by atoms with van der Waals surface area (Å²) < 4.78 is 1.42. The summed E-state index contributed by atoms with van der Waals surface area (Å²) in [5.41, 5.74) is 8.57. The predicted molar refractivity (Wildman–Crippen MR) is 69.3 cm³/mol. The normalized spacial score (nSPS) is 14.2. The highest BCUT2D eigenvalue weighted by molar-refractivity contribution is 5.94. The highest BCUT2D eigenvalue weighted by Gasteiger charge is 2.22. The number of nitrogens with zero attached hydrogens (tertiary/aromatic N) is 5. The summed E-state index contributed by atoms with van der Waals surface area (Å²) in [7, 11) is 0. The summed E-state index contributed by atoms with van der Waals surface area (Å²) in [6.07, 6.45) is 3.33. The molecule has 1 amide bonds. The molecule has 0 unspecified atom stereocenters. The Morgan fingerprint density at radius 1 is 1.42 bits per heavy atom. The minimum atomic E-state index is -0.0157. The third-order valence-electron chi connectivity index (χ3n) is 3.21. The largest absolute Gasteiger partial charge is 0.399 e. The number of tetrazole rings is 1. The van der Waals surface area contributed by atoms with Gasteiger partial charge in [0.1, 0.15) is 12.9 Å². The number of benzene rings is 1. The number of nitrogens with two attached hydrogens (primary N) is 1. The van der Waals surface area contributed by atoms with Crippen LogP contribution in [0.15, 0.2) is 24.5 Å². The zero-order valence-corrected chi connectivity index (χ0v) is 10.4. The molecular weight excluding hydrogens is 244 g/mol. The van der Waals surface area contributed by atoms with E-state index in [-0.39, 0.29) is 12.5 Å². The topological polar surface area (TPSA) is 89.9 Å². The van der Waals surface area contributed by atoms with Crippen molar-refractivity contribution in [3.05, 3.63) is 30.1 Å². The molecule has 98 valence electrons. The van der Waals surface area contributed by atoms with Crippen LogP contribution in [0.5, 0.6) is 0 Å². The molecule has 1 aromatic carbocycles. The van der Waals surface area contributed by atoms with E-state index in [0.29, 0.717) is 0 Å². The van der Waals surface area contributed by atoms with Gasteiger partial charge in [-0.25, -0.2) is 4.68 Å². The molecule has 0 radical (unpaired) electrons. The van der Waals surface area contributed by atoms with Crippen LogP contribution < -0.4 is 10.6 Å². The summed E-state index contributed by atoms with van der Waals surface area (Å²) >= 11 is 0. The number of aryl methyl sites for hydroxylation is 1. The van der Waals surface area contributed by atoms with E-state index < -0.39 is 0 Å². The van der Waals surface area contributed by atoms with Crippen molar-refractivity contribution in [2.45, 2.75) is 19.4 Å². The van der Waals surface area contributed by atoms with Crippen molar-refractivity contribution in [3.8, 4) is 0 Å². The number of amides is 1. The highest BCUT2D eigenvalue weighted by atomic mass is 16.2. The number of rotatable bonds is 2. The first kappa shape index (κ1) is 11.6. The number of hydrogen-bond donors (Lipinski definition) is 1. The first-order valence-electron chi connectivity index (χ1n) is 6.13. The molecule has 2 heterocycles. The Morgan fingerprint density at radius 3 is 3.11 bits per heavy atom. The van der Waals surface area contributed by atoms with Crippen molar-refractivity contribution in [1.82, 2.24) is 20.2 Å². The van der Waals surface area contributed by atoms with Crippen LogP contribution >= 0.6 is 0 Å². The summed E-state index contributed by atoms with van der Waals surface area (Å²) in [5.74, 6) is -0.0157. The highest BCUT2D eigenvalue weighted by Crippen LogP contribution is 2.28. The molecule has 0 saturated carbocycles. The van der Waals surface area contributed by atoms with Gasteiger partial charge in [-0.05, 0) is 47.0 Å². The van der Waals surface area contributed by atoms with Gasteiger partial charge in [-0.2, -0.15) is 0 Å². The molecule has 7 nitrogen and oxygen atoms in total. The molecule has 0 saturated heterocycles. The van der Waals surface area contributed by atoms with Gasteiger partial charge in [-0.3, -0.25) is 4.79 Å². The fourth-order valence-electron chi connectivity index (χ4n) is 2.35. The lowest BCUT2D eigenvalue weighted by Gasteiger charge is -2.29. The number of carbonyl (C=O) groups is 1. The second kappa shape index (κ2) is 4.68. The summed E-state index contributed by atoms with van der Waals surface area (Å²) in [5, 5.41) is 10.8. The number of hydrogen-bond acceptors (Lipinski definition) is 5. The van der Waals surface area contributed by atoms with E-state index in [0.717, 1.165) is 36.3 Å². The average molecular weight is 258 g/mol. The SMILES string of the molecule is Nc1ccc2c(c1)CCCN2C(=O)Cn1cnnn1. The standard InChI is InChI=1S/C12H14N6O/c13-10-3-4-11-9(6-10)2-1-5-18(11)12(19)7-17-8-14-15-16-17/h3-4,6,8H,1-2,5,7,13H2. The Kier molecular flexibility index (Phi) is 2.86. The maximum absolute atomic E-state index is 12.3. The molecular formula is C12H14N6O. The molecule has 1 aliphatic heterocycles. The molecule has 2 aromatic rings. The Hall–Kier alpha value is -2.44. The minimum Gasteiger partial charge on any atom is -0.399 e. The molecule has 19 heavy (non-hydrogen) atoms. The fourth-order valence-corrected chi connectivity index (χ4v) is 2.35. The first-order valence-corrected chi connectivity index (χ1v) is 6.13. The molecule has 1 aromatic heterocycles. The van der Waals surface area contributed by atoms with Crippen LogP contribution in [0.4, 0.5) is 11.4 Å². The third-order valence-corrected chi connectivity index (χ3v) is 3.21. The Labute approximate surface area is 110 Å². The van der Waals surface area contributed by atoms with Crippen LogP contribution in [0.2, 0.25) is 0 Å². The molecule has 0 fully saturated rings. The van der Waals surface area contributed by atoms with Crippen molar-refractivity contribution in [2.75, 3.05) is 17.2 Å². The number of aromatic nitrogens is 4.